The van der Waals surface area contributed by atoms with Crippen LogP contribution in [0.25, 0.3) is 11.0 Å². The Morgan fingerprint density at radius 3 is 2.74 bits per heavy atom. The van der Waals surface area contributed by atoms with E-state index in [-0.39, 0.29) is 11.8 Å². The molecule has 174 valence electrons. The molecule has 5 nitrogen and oxygen atoms in total. The van der Waals surface area contributed by atoms with Gasteiger partial charge < -0.3 is 14.2 Å². The van der Waals surface area contributed by atoms with Crippen LogP contribution in [0.3, 0.4) is 0 Å². The maximum absolute atomic E-state index is 12.9. The van der Waals surface area contributed by atoms with Crippen molar-refractivity contribution >= 4 is 34.2 Å². The van der Waals surface area contributed by atoms with Gasteiger partial charge in [-0.25, -0.2) is 4.98 Å². The van der Waals surface area contributed by atoms with Gasteiger partial charge in [0.05, 0.1) is 17.6 Å². The van der Waals surface area contributed by atoms with Gasteiger partial charge in [-0.3, -0.25) is 4.79 Å². The molecule has 1 fully saturated rings. The van der Waals surface area contributed by atoms with Gasteiger partial charge >= 0.3 is 0 Å². The minimum atomic E-state index is 0.0439. The smallest absolute Gasteiger partial charge is 0.227 e. The average Bonchev–Trinajstić information content (AvgIpc) is 3.39. The van der Waals surface area contributed by atoms with Crippen molar-refractivity contribution in [3.63, 3.8) is 0 Å². The van der Waals surface area contributed by atoms with Crippen molar-refractivity contribution in [1.29, 1.82) is 0 Å². The van der Waals surface area contributed by atoms with Crippen molar-refractivity contribution in [3.8, 4) is 5.75 Å². The van der Waals surface area contributed by atoms with Crippen LogP contribution in [0.5, 0.6) is 5.75 Å². The van der Waals surface area contributed by atoms with Gasteiger partial charge in [0.1, 0.15) is 11.6 Å². The third-order valence-electron chi connectivity index (χ3n) is 6.33. The number of hydrogen-bond donors (Lipinski definition) is 0. The van der Waals surface area contributed by atoms with Crippen molar-refractivity contribution in [3.05, 3.63) is 89.2 Å². The maximum Gasteiger partial charge on any atom is 0.227 e. The summed E-state index contributed by atoms with van der Waals surface area (Å²) in [6.07, 6.45) is 2.36. The number of benzene rings is 3. The summed E-state index contributed by atoms with van der Waals surface area (Å²) in [6, 6.07) is 23.8. The molecular formula is C28H28ClN3O2. The molecule has 1 aromatic heterocycles. The lowest BCUT2D eigenvalue weighted by Gasteiger charge is -2.18. The number of nitrogens with zero attached hydrogens (tertiary/aromatic N) is 3. The first-order chi connectivity index (χ1) is 16.6. The van der Waals surface area contributed by atoms with E-state index in [1.54, 1.807) is 0 Å². The van der Waals surface area contributed by atoms with Crippen molar-refractivity contribution < 1.29 is 9.53 Å². The van der Waals surface area contributed by atoms with Gasteiger partial charge in [0.15, 0.2) is 0 Å². The lowest BCUT2D eigenvalue weighted by molar-refractivity contribution is -0.117. The molecule has 1 amide bonds. The molecule has 5 rings (SSSR count). The molecule has 3 aromatic carbocycles. The van der Waals surface area contributed by atoms with E-state index >= 15 is 0 Å². The molecule has 0 unspecified atom stereocenters. The zero-order valence-corrected chi connectivity index (χ0v) is 20.0. The second-order valence-corrected chi connectivity index (χ2v) is 9.30. The van der Waals surface area contributed by atoms with Gasteiger partial charge in [0.25, 0.3) is 0 Å². The van der Waals surface area contributed by atoms with Crippen LogP contribution in [0.15, 0.2) is 72.8 Å². The number of amides is 1. The lowest BCUT2D eigenvalue weighted by atomic mass is 10.1. The summed E-state index contributed by atoms with van der Waals surface area (Å²) in [6.45, 7) is 4.20. The van der Waals surface area contributed by atoms with E-state index in [9.17, 15) is 4.79 Å². The summed E-state index contributed by atoms with van der Waals surface area (Å²) in [4.78, 5) is 19.7. The molecular weight excluding hydrogens is 446 g/mol. The normalized spacial score (nSPS) is 15.9. The molecule has 1 atom stereocenters. The van der Waals surface area contributed by atoms with E-state index < -0.39 is 0 Å². The second-order valence-electron chi connectivity index (χ2n) is 8.87. The molecule has 0 aliphatic carbocycles. The number of hydrogen-bond acceptors (Lipinski definition) is 3. The molecule has 0 bridgehead atoms. The summed E-state index contributed by atoms with van der Waals surface area (Å²) in [5.74, 6) is 2.05. The molecule has 0 N–H and O–H groups in total. The first-order valence-electron chi connectivity index (χ1n) is 11.8. The standard InChI is InChI=1S/C28H28ClN3O2/c1-20-8-6-11-24(16-20)34-15-5-4-14-31-26-13-3-2-12-25(26)30-28(31)21-17-27(33)32(19-21)23-10-7-9-22(29)18-23/h2-3,6-13,16,18,21H,4-5,14-15,17,19H2,1H3/t21-/m1/s1. The molecule has 2 heterocycles. The van der Waals surface area contributed by atoms with Crippen molar-refractivity contribution in [1.82, 2.24) is 9.55 Å². The minimum absolute atomic E-state index is 0.0439. The molecule has 0 saturated carbocycles. The summed E-state index contributed by atoms with van der Waals surface area (Å²) in [5.41, 5.74) is 4.13. The fraction of sp³-hybridized carbons (Fsp3) is 0.286. The summed E-state index contributed by atoms with van der Waals surface area (Å²) >= 11 is 6.17. The largest absolute Gasteiger partial charge is 0.494 e. The predicted octanol–water partition coefficient (Wildman–Crippen LogP) is 6.38. The molecule has 34 heavy (non-hydrogen) atoms. The Balaban J connectivity index is 1.30. The van der Waals surface area contributed by atoms with E-state index in [2.05, 4.69) is 29.7 Å². The van der Waals surface area contributed by atoms with Crippen molar-refractivity contribution in [2.75, 3.05) is 18.1 Å². The van der Waals surface area contributed by atoms with Gasteiger partial charge in [-0.15, -0.1) is 0 Å². The number of carbonyl (C=O) groups is 1. The van der Waals surface area contributed by atoms with Crippen LogP contribution in [0.4, 0.5) is 5.69 Å². The highest BCUT2D eigenvalue weighted by molar-refractivity contribution is 6.30. The first kappa shape index (κ1) is 22.5. The molecule has 4 aromatic rings. The fourth-order valence-electron chi connectivity index (χ4n) is 4.68. The summed E-state index contributed by atoms with van der Waals surface area (Å²) in [5, 5.41) is 0.633. The van der Waals surface area contributed by atoms with Gasteiger partial charge in [0, 0.05) is 36.1 Å². The highest BCUT2D eigenvalue weighted by Gasteiger charge is 2.34. The highest BCUT2D eigenvalue weighted by atomic mass is 35.5. The topological polar surface area (TPSA) is 47.4 Å². The number of para-hydroxylation sites is 2. The van der Waals surface area contributed by atoms with Crippen LogP contribution >= 0.6 is 11.6 Å². The van der Waals surface area contributed by atoms with Crippen LogP contribution in [-0.2, 0) is 11.3 Å². The summed E-state index contributed by atoms with van der Waals surface area (Å²) < 4.78 is 8.22. The molecule has 1 aliphatic rings. The number of unbranched alkanes of at least 4 members (excludes halogenated alkanes) is 1. The van der Waals surface area contributed by atoms with E-state index in [1.807, 2.05) is 59.5 Å². The quantitative estimate of drug-likeness (QED) is 0.279. The third-order valence-corrected chi connectivity index (χ3v) is 6.56. The molecule has 0 spiro atoms. The molecule has 6 heteroatoms. The average molecular weight is 474 g/mol. The Morgan fingerprint density at radius 1 is 1.03 bits per heavy atom. The molecule has 1 aliphatic heterocycles. The zero-order valence-electron chi connectivity index (χ0n) is 19.3. The Bertz CT molecular complexity index is 1320. The van der Waals surface area contributed by atoms with Crippen LogP contribution in [-0.4, -0.2) is 28.6 Å². The number of anilines is 1. The number of carbonyl (C=O) groups excluding carboxylic acids is 1. The third kappa shape index (κ3) is 4.80. The second kappa shape index (κ2) is 9.90. The monoisotopic (exact) mass is 473 g/mol. The Morgan fingerprint density at radius 2 is 1.88 bits per heavy atom. The lowest BCUT2D eigenvalue weighted by Crippen LogP contribution is -2.24. The van der Waals surface area contributed by atoms with E-state index in [1.165, 1.54) is 5.56 Å². The number of aromatic nitrogens is 2. The Kier molecular flexibility index (Phi) is 6.54. The van der Waals surface area contributed by atoms with Crippen LogP contribution in [0.2, 0.25) is 5.02 Å². The van der Waals surface area contributed by atoms with Gasteiger partial charge in [-0.2, -0.15) is 0 Å². The fourth-order valence-corrected chi connectivity index (χ4v) is 4.87. The van der Waals surface area contributed by atoms with Crippen molar-refractivity contribution in [2.45, 2.75) is 38.6 Å². The van der Waals surface area contributed by atoms with Gasteiger partial charge in [0.2, 0.25) is 5.91 Å². The molecule has 1 saturated heterocycles. The van der Waals surface area contributed by atoms with Gasteiger partial charge in [-0.1, -0.05) is 41.9 Å². The van der Waals surface area contributed by atoms with E-state index in [4.69, 9.17) is 21.3 Å². The minimum Gasteiger partial charge on any atom is -0.494 e. The van der Waals surface area contributed by atoms with Crippen molar-refractivity contribution in [2.24, 2.45) is 0 Å². The first-order valence-corrected chi connectivity index (χ1v) is 12.2. The SMILES string of the molecule is Cc1cccc(OCCCCn2c([C@@H]3CC(=O)N(c4cccc(Cl)c4)C3)nc3ccccc32)c1. The van der Waals surface area contributed by atoms with E-state index in [0.717, 1.165) is 47.7 Å². The van der Waals surface area contributed by atoms with E-state index in [0.29, 0.717) is 24.6 Å². The number of imidazole rings is 1. The van der Waals surface area contributed by atoms with Crippen LogP contribution in [0, 0.1) is 6.92 Å². The van der Waals surface area contributed by atoms with Gasteiger partial charge in [-0.05, 0) is 67.8 Å². The number of ether oxygens (including phenoxy) is 1. The number of halogens is 1. The number of fused-ring (bicyclic) bond motifs is 1. The zero-order chi connectivity index (χ0) is 23.5. The summed E-state index contributed by atoms with van der Waals surface area (Å²) in [7, 11) is 0. The van der Waals surface area contributed by atoms with Crippen LogP contribution < -0.4 is 9.64 Å². The maximum atomic E-state index is 12.9. The predicted molar refractivity (Wildman–Crippen MR) is 137 cm³/mol. The number of aryl methyl sites for hydroxylation is 2. The Labute approximate surface area is 204 Å². The molecule has 0 radical (unpaired) electrons. The van der Waals surface area contributed by atoms with Crippen LogP contribution in [0.1, 0.15) is 36.6 Å². The number of rotatable bonds is 8. The Hall–Kier alpha value is -3.31. The highest BCUT2D eigenvalue weighted by Crippen LogP contribution is 2.34.